The van der Waals surface area contributed by atoms with Crippen LogP contribution in [0.4, 0.5) is 0 Å². The smallest absolute Gasteiger partial charge is 0.306 e. The number of hydrogen-bond acceptors (Lipinski definition) is 6. The minimum atomic E-state index is -0.489. The van der Waals surface area contributed by atoms with Gasteiger partial charge in [0.15, 0.2) is 0 Å². The molecule has 0 radical (unpaired) electrons. The normalized spacial score (nSPS) is 16.3. The van der Waals surface area contributed by atoms with Crippen molar-refractivity contribution >= 4 is 23.6 Å². The number of carbonyl (C=O) groups is 4. The number of Topliss-reactive ketones (excluding diaryl/α,β-unsaturated/α-hetero) is 1. The van der Waals surface area contributed by atoms with Gasteiger partial charge >= 0.3 is 11.9 Å². The van der Waals surface area contributed by atoms with Crippen molar-refractivity contribution in [3.63, 3.8) is 0 Å². The van der Waals surface area contributed by atoms with E-state index in [0.29, 0.717) is 12.3 Å². The van der Waals surface area contributed by atoms with E-state index in [-0.39, 0.29) is 56.6 Å². The van der Waals surface area contributed by atoms with E-state index in [1.165, 1.54) is 0 Å². The monoisotopic (exact) mass is 339 g/mol. The van der Waals surface area contributed by atoms with Crippen LogP contribution in [0.25, 0.3) is 0 Å². The Kier molecular flexibility index (Phi) is 7.21. The van der Waals surface area contributed by atoms with Crippen molar-refractivity contribution in [1.29, 1.82) is 0 Å². The van der Waals surface area contributed by atoms with Crippen LogP contribution >= 0.6 is 0 Å². The lowest BCUT2D eigenvalue weighted by Gasteiger charge is -2.07. The van der Waals surface area contributed by atoms with Gasteiger partial charge in [-0.1, -0.05) is 0 Å². The van der Waals surface area contributed by atoms with E-state index in [1.54, 1.807) is 0 Å². The number of esters is 2. The number of nitrogens with one attached hydrogen (secondary N) is 1. The Morgan fingerprint density at radius 1 is 0.792 bits per heavy atom. The van der Waals surface area contributed by atoms with E-state index in [0.717, 1.165) is 25.7 Å². The maximum atomic E-state index is 11.5. The quantitative estimate of drug-likeness (QED) is 0.425. The summed E-state index contributed by atoms with van der Waals surface area (Å²) in [4.78, 5) is 45.8. The Morgan fingerprint density at radius 3 is 1.92 bits per heavy atom. The molecule has 1 N–H and O–H groups in total. The Morgan fingerprint density at radius 2 is 1.38 bits per heavy atom. The van der Waals surface area contributed by atoms with Gasteiger partial charge in [-0.2, -0.15) is 0 Å². The van der Waals surface area contributed by atoms with E-state index >= 15 is 0 Å². The first kappa shape index (κ1) is 18.4. The van der Waals surface area contributed by atoms with Crippen LogP contribution < -0.4 is 5.32 Å². The third kappa shape index (κ3) is 8.64. The molecule has 0 atom stereocenters. The molecule has 0 heterocycles. The van der Waals surface area contributed by atoms with Gasteiger partial charge in [0.1, 0.15) is 19.0 Å². The fraction of sp³-hybridized carbons (Fsp3) is 0.765. The summed E-state index contributed by atoms with van der Waals surface area (Å²) in [6.45, 7) is -0.0690. The molecule has 0 unspecified atom stereocenters. The molecular formula is C17H25NO6. The zero-order valence-electron chi connectivity index (χ0n) is 13.9. The summed E-state index contributed by atoms with van der Waals surface area (Å²) < 4.78 is 9.79. The van der Waals surface area contributed by atoms with Crippen LogP contribution in [-0.4, -0.2) is 42.9 Å². The molecule has 2 rings (SSSR count). The van der Waals surface area contributed by atoms with Crippen LogP contribution in [0.2, 0.25) is 0 Å². The Labute approximate surface area is 141 Å². The third-order valence-corrected chi connectivity index (χ3v) is 3.93. The Balaban J connectivity index is 1.41. The van der Waals surface area contributed by atoms with Crippen LogP contribution in [-0.2, 0) is 28.7 Å². The zero-order chi connectivity index (χ0) is 17.4. The largest absolute Gasteiger partial charge is 0.462 e. The first-order valence-electron chi connectivity index (χ1n) is 8.65. The van der Waals surface area contributed by atoms with Gasteiger partial charge in [0, 0.05) is 25.3 Å². The van der Waals surface area contributed by atoms with Crippen molar-refractivity contribution in [3.8, 4) is 0 Å². The van der Waals surface area contributed by atoms with Gasteiger partial charge in [0.05, 0.1) is 12.8 Å². The molecule has 0 aromatic carbocycles. The maximum Gasteiger partial charge on any atom is 0.306 e. The first-order valence-corrected chi connectivity index (χ1v) is 8.65. The molecular weight excluding hydrogens is 314 g/mol. The van der Waals surface area contributed by atoms with Gasteiger partial charge < -0.3 is 14.8 Å². The summed E-state index contributed by atoms with van der Waals surface area (Å²) in [5, 5.41) is 2.79. The number of carbonyl (C=O) groups excluding carboxylic acids is 4. The van der Waals surface area contributed by atoms with Gasteiger partial charge in [0.2, 0.25) is 5.91 Å². The van der Waals surface area contributed by atoms with E-state index in [1.807, 2.05) is 0 Å². The highest BCUT2D eigenvalue weighted by Gasteiger charge is 2.24. The average molecular weight is 339 g/mol. The van der Waals surface area contributed by atoms with Crippen molar-refractivity contribution in [2.75, 3.05) is 13.2 Å². The molecule has 0 bridgehead atoms. The second-order valence-corrected chi connectivity index (χ2v) is 6.47. The maximum absolute atomic E-state index is 11.5. The molecule has 0 aromatic rings. The van der Waals surface area contributed by atoms with E-state index in [2.05, 4.69) is 5.32 Å². The molecule has 7 nitrogen and oxygen atoms in total. The summed E-state index contributed by atoms with van der Waals surface area (Å²) in [5.41, 5.74) is 0. The first-order chi connectivity index (χ1) is 11.5. The second kappa shape index (κ2) is 9.39. The van der Waals surface area contributed by atoms with Gasteiger partial charge in [-0.05, 0) is 31.6 Å². The highest BCUT2D eigenvalue weighted by Crippen LogP contribution is 2.32. The fourth-order valence-electron chi connectivity index (χ4n) is 2.19. The van der Waals surface area contributed by atoms with Crippen LogP contribution in [0.3, 0.4) is 0 Å². The summed E-state index contributed by atoms with van der Waals surface area (Å²) in [7, 11) is 0. The molecule has 0 aromatic heterocycles. The molecule has 2 aliphatic carbocycles. The molecule has 0 aliphatic heterocycles. The van der Waals surface area contributed by atoms with Crippen molar-refractivity contribution in [2.24, 2.45) is 5.92 Å². The van der Waals surface area contributed by atoms with Gasteiger partial charge in [-0.25, -0.2) is 0 Å². The average Bonchev–Trinajstić information content (AvgIpc) is 3.44. The van der Waals surface area contributed by atoms with Crippen molar-refractivity contribution in [1.82, 2.24) is 5.32 Å². The highest BCUT2D eigenvalue weighted by atomic mass is 16.6. The van der Waals surface area contributed by atoms with Crippen molar-refractivity contribution < 1.29 is 28.7 Å². The van der Waals surface area contributed by atoms with Crippen molar-refractivity contribution in [2.45, 2.75) is 63.8 Å². The summed E-state index contributed by atoms with van der Waals surface area (Å²) in [5.74, 6) is -0.461. The Hall–Kier alpha value is -1.92. The number of ketones is 1. The van der Waals surface area contributed by atoms with Gasteiger partial charge in [-0.15, -0.1) is 0 Å². The van der Waals surface area contributed by atoms with Gasteiger partial charge in [0.25, 0.3) is 0 Å². The number of hydrogen-bond donors (Lipinski definition) is 1. The van der Waals surface area contributed by atoms with E-state index < -0.39 is 11.9 Å². The molecule has 24 heavy (non-hydrogen) atoms. The van der Waals surface area contributed by atoms with Crippen LogP contribution in [0, 0.1) is 5.92 Å². The molecule has 7 heteroatoms. The lowest BCUT2D eigenvalue weighted by atomic mass is 10.1. The highest BCUT2D eigenvalue weighted by molar-refractivity contribution is 5.83. The van der Waals surface area contributed by atoms with E-state index in [9.17, 15) is 19.2 Å². The summed E-state index contributed by atoms with van der Waals surface area (Å²) in [6, 6.07) is 0.282. The molecule has 1 amide bonds. The predicted molar refractivity (Wildman–Crippen MR) is 83.9 cm³/mol. The van der Waals surface area contributed by atoms with E-state index in [4.69, 9.17) is 9.47 Å². The van der Waals surface area contributed by atoms with Gasteiger partial charge in [-0.3, -0.25) is 19.2 Å². The Bertz CT molecular complexity index is 437. The molecule has 134 valence electrons. The minimum absolute atomic E-state index is 0.0160. The fourth-order valence-corrected chi connectivity index (χ4v) is 2.19. The molecule has 2 aliphatic rings. The standard InChI is InChI=1S/C17H25NO6/c19-14(11-12-1-2-12)5-7-16(21)23-9-10-24-17(22)8-6-15(20)18-13-3-4-13/h12-13H,1-11H2,(H,18,20). The molecule has 0 saturated heterocycles. The van der Waals surface area contributed by atoms with Crippen LogP contribution in [0.15, 0.2) is 0 Å². The lowest BCUT2D eigenvalue weighted by molar-refractivity contribution is -0.152. The number of ether oxygens (including phenoxy) is 2. The summed E-state index contributed by atoms with van der Waals surface area (Å²) in [6.07, 6.45) is 5.22. The molecule has 2 saturated carbocycles. The predicted octanol–water partition coefficient (Wildman–Crippen LogP) is 1.28. The number of amides is 1. The third-order valence-electron chi connectivity index (χ3n) is 3.93. The second-order valence-electron chi connectivity index (χ2n) is 6.47. The molecule has 0 spiro atoms. The van der Waals surface area contributed by atoms with Crippen molar-refractivity contribution in [3.05, 3.63) is 0 Å². The SMILES string of the molecule is O=C(CCC(=O)OCCOC(=O)CCC(=O)NC1CC1)CC1CC1. The van der Waals surface area contributed by atoms with Crippen LogP contribution in [0.5, 0.6) is 0 Å². The number of rotatable bonds is 12. The zero-order valence-corrected chi connectivity index (χ0v) is 13.9. The summed E-state index contributed by atoms with van der Waals surface area (Å²) >= 11 is 0. The topological polar surface area (TPSA) is 98.8 Å². The van der Waals surface area contributed by atoms with Crippen LogP contribution in [0.1, 0.15) is 57.8 Å². The lowest BCUT2D eigenvalue weighted by Crippen LogP contribution is -2.26. The minimum Gasteiger partial charge on any atom is -0.462 e. The molecule has 2 fully saturated rings.